The fraction of sp³-hybridized carbons (Fsp3) is 0.381. The molecule has 138 valence electrons. The molecule has 26 heavy (non-hydrogen) atoms. The van der Waals surface area contributed by atoms with Crippen molar-refractivity contribution in [3.8, 4) is 0 Å². The van der Waals surface area contributed by atoms with Crippen molar-refractivity contribution in [2.45, 2.75) is 49.8 Å². The van der Waals surface area contributed by atoms with Crippen LogP contribution in [0.25, 0.3) is 0 Å². The van der Waals surface area contributed by atoms with Crippen molar-refractivity contribution in [1.29, 1.82) is 0 Å². The monoisotopic (exact) mass is 371 g/mol. The van der Waals surface area contributed by atoms with Gasteiger partial charge in [-0.2, -0.15) is 0 Å². The first kappa shape index (κ1) is 18.6. The van der Waals surface area contributed by atoms with E-state index in [-0.39, 0.29) is 4.90 Å². The van der Waals surface area contributed by atoms with Crippen molar-refractivity contribution in [2.75, 3.05) is 0 Å². The van der Waals surface area contributed by atoms with E-state index >= 15 is 0 Å². The lowest BCUT2D eigenvalue weighted by Crippen LogP contribution is -2.30. The molecule has 1 fully saturated rings. The number of benzene rings is 2. The fourth-order valence-electron chi connectivity index (χ4n) is 3.53. The van der Waals surface area contributed by atoms with Crippen LogP contribution in [0.1, 0.15) is 54.4 Å². The number of carbonyl (C=O) groups is 1. The number of rotatable bonds is 5. The van der Waals surface area contributed by atoms with Gasteiger partial charge in [-0.05, 0) is 42.2 Å². The lowest BCUT2D eigenvalue weighted by molar-refractivity contribution is 0.0981. The molecule has 1 aliphatic carbocycles. The molecule has 0 heterocycles. The lowest BCUT2D eigenvalue weighted by atomic mass is 9.92. The van der Waals surface area contributed by atoms with E-state index in [0.717, 1.165) is 12.3 Å². The minimum atomic E-state index is -3.84. The van der Waals surface area contributed by atoms with Crippen molar-refractivity contribution in [3.05, 3.63) is 65.7 Å². The van der Waals surface area contributed by atoms with Crippen LogP contribution >= 0.6 is 0 Å². The topological polar surface area (TPSA) is 63.2 Å². The molecule has 0 saturated heterocycles. The Morgan fingerprint density at radius 2 is 1.50 bits per heavy atom. The highest BCUT2D eigenvalue weighted by Gasteiger charge is 2.18. The van der Waals surface area contributed by atoms with Crippen LogP contribution in [0.4, 0.5) is 0 Å². The molecule has 5 heteroatoms. The van der Waals surface area contributed by atoms with Gasteiger partial charge in [0.25, 0.3) is 15.9 Å². The molecule has 1 amide bonds. The van der Waals surface area contributed by atoms with Crippen LogP contribution in [-0.2, 0) is 16.4 Å². The van der Waals surface area contributed by atoms with Gasteiger partial charge in [-0.1, -0.05) is 68.9 Å². The summed E-state index contributed by atoms with van der Waals surface area (Å²) >= 11 is 0. The summed E-state index contributed by atoms with van der Waals surface area (Å²) < 4.78 is 26.6. The van der Waals surface area contributed by atoms with E-state index in [4.69, 9.17) is 0 Å². The number of amides is 1. The van der Waals surface area contributed by atoms with E-state index in [1.165, 1.54) is 56.2 Å². The normalized spacial score (nSPS) is 16.0. The molecular formula is C21H25NO3S. The second-order valence-electron chi connectivity index (χ2n) is 7.01. The molecule has 2 aromatic carbocycles. The Kier molecular flexibility index (Phi) is 6.09. The highest BCUT2D eigenvalue weighted by atomic mass is 32.2. The second-order valence-corrected chi connectivity index (χ2v) is 8.69. The standard InChI is InChI=1S/C21H25NO3S/c23-21(22-26(24,25)20-10-6-3-7-11-20)19-14-12-18(13-15-19)16-17-8-4-1-2-5-9-17/h3,6-7,10-15,17H,1-2,4-5,8-9,16H2,(H,22,23). The first-order chi connectivity index (χ1) is 12.5. The van der Waals surface area contributed by atoms with Crippen LogP contribution in [0.5, 0.6) is 0 Å². The molecule has 3 rings (SSSR count). The summed E-state index contributed by atoms with van der Waals surface area (Å²) in [4.78, 5) is 12.4. The Morgan fingerprint density at radius 3 is 2.12 bits per heavy atom. The fourth-order valence-corrected chi connectivity index (χ4v) is 4.53. The van der Waals surface area contributed by atoms with Crippen molar-refractivity contribution in [2.24, 2.45) is 5.92 Å². The summed E-state index contributed by atoms with van der Waals surface area (Å²) in [5, 5.41) is 0. The third kappa shape index (κ3) is 4.94. The van der Waals surface area contributed by atoms with Crippen LogP contribution < -0.4 is 4.72 Å². The number of carbonyl (C=O) groups excluding carboxylic acids is 1. The van der Waals surface area contributed by atoms with E-state index in [2.05, 4.69) is 4.72 Å². The number of hydrogen-bond donors (Lipinski definition) is 1. The quantitative estimate of drug-likeness (QED) is 0.796. The second kappa shape index (κ2) is 8.49. The molecule has 1 aliphatic rings. The molecule has 0 unspecified atom stereocenters. The zero-order valence-corrected chi connectivity index (χ0v) is 15.7. The van der Waals surface area contributed by atoms with Crippen molar-refractivity contribution >= 4 is 15.9 Å². The van der Waals surface area contributed by atoms with E-state index < -0.39 is 15.9 Å². The van der Waals surface area contributed by atoms with Gasteiger partial charge >= 0.3 is 0 Å². The van der Waals surface area contributed by atoms with E-state index in [1.54, 1.807) is 30.3 Å². The van der Waals surface area contributed by atoms with Crippen molar-refractivity contribution in [3.63, 3.8) is 0 Å². The Hall–Kier alpha value is -2.14. The molecule has 0 atom stereocenters. The molecule has 0 aliphatic heterocycles. The van der Waals surface area contributed by atoms with E-state index in [9.17, 15) is 13.2 Å². The summed E-state index contributed by atoms with van der Waals surface area (Å²) in [6.45, 7) is 0. The summed E-state index contributed by atoms with van der Waals surface area (Å²) in [5.74, 6) is 0.116. The van der Waals surface area contributed by atoms with E-state index in [1.807, 2.05) is 12.1 Å². The van der Waals surface area contributed by atoms with E-state index in [0.29, 0.717) is 5.56 Å². The van der Waals surface area contributed by atoms with Gasteiger partial charge in [-0.25, -0.2) is 13.1 Å². The van der Waals surface area contributed by atoms with Crippen LogP contribution in [0, 0.1) is 5.92 Å². The zero-order valence-electron chi connectivity index (χ0n) is 14.9. The molecule has 0 aromatic heterocycles. The zero-order chi connectivity index (χ0) is 18.4. The van der Waals surface area contributed by atoms with Crippen LogP contribution in [-0.4, -0.2) is 14.3 Å². The molecular weight excluding hydrogens is 346 g/mol. The largest absolute Gasteiger partial charge is 0.268 e. The summed E-state index contributed by atoms with van der Waals surface area (Å²) in [6.07, 6.45) is 8.88. The molecule has 0 spiro atoms. The van der Waals surface area contributed by atoms with Crippen LogP contribution in [0.3, 0.4) is 0 Å². The Morgan fingerprint density at radius 1 is 0.885 bits per heavy atom. The van der Waals surface area contributed by atoms with Gasteiger partial charge in [0.05, 0.1) is 4.90 Å². The molecule has 1 N–H and O–H groups in total. The van der Waals surface area contributed by atoms with Gasteiger partial charge in [0.2, 0.25) is 0 Å². The maximum absolute atomic E-state index is 12.3. The number of sulfonamides is 1. The first-order valence-corrected chi connectivity index (χ1v) is 10.7. The average Bonchev–Trinajstić information content (AvgIpc) is 2.91. The number of nitrogens with one attached hydrogen (secondary N) is 1. The maximum Gasteiger partial charge on any atom is 0.264 e. The SMILES string of the molecule is O=C(NS(=O)(=O)c1ccccc1)c1ccc(CC2CCCCCC2)cc1. The molecule has 0 radical (unpaired) electrons. The minimum absolute atomic E-state index is 0.0818. The average molecular weight is 372 g/mol. The number of hydrogen-bond acceptors (Lipinski definition) is 3. The predicted molar refractivity (Wildman–Crippen MR) is 102 cm³/mol. The minimum Gasteiger partial charge on any atom is -0.268 e. The van der Waals surface area contributed by atoms with Gasteiger partial charge in [0.15, 0.2) is 0 Å². The lowest BCUT2D eigenvalue weighted by Gasteiger charge is -2.14. The summed E-state index contributed by atoms with van der Waals surface area (Å²) in [5.41, 5.74) is 1.56. The smallest absolute Gasteiger partial charge is 0.264 e. The Balaban J connectivity index is 1.63. The molecule has 2 aromatic rings. The highest BCUT2D eigenvalue weighted by molar-refractivity contribution is 7.90. The van der Waals surface area contributed by atoms with Crippen LogP contribution in [0.2, 0.25) is 0 Å². The summed E-state index contributed by atoms with van der Waals surface area (Å²) in [7, 11) is -3.84. The van der Waals surface area contributed by atoms with Crippen LogP contribution in [0.15, 0.2) is 59.5 Å². The van der Waals surface area contributed by atoms with Crippen molar-refractivity contribution < 1.29 is 13.2 Å². The Bertz CT molecular complexity index is 821. The van der Waals surface area contributed by atoms with Gasteiger partial charge in [0.1, 0.15) is 0 Å². The third-order valence-corrected chi connectivity index (χ3v) is 6.34. The van der Waals surface area contributed by atoms with Crippen molar-refractivity contribution in [1.82, 2.24) is 4.72 Å². The third-order valence-electron chi connectivity index (χ3n) is 5.00. The van der Waals surface area contributed by atoms with Gasteiger partial charge in [-0.3, -0.25) is 4.79 Å². The van der Waals surface area contributed by atoms with Gasteiger partial charge in [-0.15, -0.1) is 0 Å². The molecule has 4 nitrogen and oxygen atoms in total. The Labute approximate surface area is 155 Å². The summed E-state index contributed by atoms with van der Waals surface area (Å²) in [6, 6.07) is 15.2. The predicted octanol–water partition coefficient (Wildman–Crippen LogP) is 4.32. The van der Waals surface area contributed by atoms with Gasteiger partial charge in [0, 0.05) is 5.56 Å². The maximum atomic E-state index is 12.3. The molecule has 0 bridgehead atoms. The highest BCUT2D eigenvalue weighted by Crippen LogP contribution is 2.26. The van der Waals surface area contributed by atoms with Gasteiger partial charge < -0.3 is 0 Å². The first-order valence-electron chi connectivity index (χ1n) is 9.26. The molecule has 1 saturated carbocycles.